The standard InChI is InChI=1S/C11H12BrNO4/c1-13-10(14)6-17-11(15)7-3-4-9(16-2)8(12)5-7/h3-5H,6H2,1-2H3,(H,13,14). The summed E-state index contributed by atoms with van der Waals surface area (Å²) in [4.78, 5) is 22.5. The molecule has 0 aliphatic carbocycles. The Morgan fingerprint density at radius 3 is 2.65 bits per heavy atom. The predicted octanol–water partition coefficient (Wildman–Crippen LogP) is 1.36. The number of rotatable bonds is 4. The van der Waals surface area contributed by atoms with E-state index in [1.54, 1.807) is 18.2 Å². The van der Waals surface area contributed by atoms with Crippen molar-refractivity contribution in [2.45, 2.75) is 0 Å². The van der Waals surface area contributed by atoms with E-state index in [0.29, 0.717) is 15.8 Å². The molecule has 0 radical (unpaired) electrons. The van der Waals surface area contributed by atoms with Crippen molar-refractivity contribution in [1.29, 1.82) is 0 Å². The molecule has 0 atom stereocenters. The Morgan fingerprint density at radius 2 is 2.12 bits per heavy atom. The van der Waals surface area contributed by atoms with Crippen LogP contribution in [0.15, 0.2) is 22.7 Å². The first-order valence-electron chi connectivity index (χ1n) is 4.79. The van der Waals surface area contributed by atoms with Crippen LogP contribution in [-0.2, 0) is 9.53 Å². The fourth-order valence-electron chi connectivity index (χ4n) is 1.08. The number of hydrogen-bond donors (Lipinski definition) is 1. The lowest BCUT2D eigenvalue weighted by Gasteiger charge is -2.06. The van der Waals surface area contributed by atoms with Gasteiger partial charge in [0.15, 0.2) is 6.61 Å². The van der Waals surface area contributed by atoms with Crippen molar-refractivity contribution in [1.82, 2.24) is 5.32 Å². The molecule has 0 saturated carbocycles. The maximum absolute atomic E-state index is 11.6. The fraction of sp³-hybridized carbons (Fsp3) is 0.273. The minimum atomic E-state index is -0.558. The average molecular weight is 302 g/mol. The van der Waals surface area contributed by atoms with Crippen molar-refractivity contribution in [2.75, 3.05) is 20.8 Å². The molecule has 0 spiro atoms. The quantitative estimate of drug-likeness (QED) is 0.853. The van der Waals surface area contributed by atoms with E-state index in [-0.39, 0.29) is 12.5 Å². The first kappa shape index (κ1) is 13.5. The minimum Gasteiger partial charge on any atom is -0.496 e. The first-order valence-corrected chi connectivity index (χ1v) is 5.59. The van der Waals surface area contributed by atoms with E-state index < -0.39 is 5.97 Å². The summed E-state index contributed by atoms with van der Waals surface area (Å²) in [6.45, 7) is -0.293. The van der Waals surface area contributed by atoms with Crippen LogP contribution in [0.4, 0.5) is 0 Å². The number of carbonyl (C=O) groups is 2. The minimum absolute atomic E-state index is 0.293. The molecule has 17 heavy (non-hydrogen) atoms. The number of nitrogens with one attached hydrogen (secondary N) is 1. The van der Waals surface area contributed by atoms with E-state index in [1.807, 2.05) is 0 Å². The monoisotopic (exact) mass is 301 g/mol. The SMILES string of the molecule is CNC(=O)COC(=O)c1ccc(OC)c(Br)c1. The molecule has 1 rings (SSSR count). The summed E-state index contributed by atoms with van der Waals surface area (Å²) < 4.78 is 10.5. The lowest BCUT2D eigenvalue weighted by Crippen LogP contribution is -2.25. The van der Waals surface area contributed by atoms with Crippen LogP contribution in [-0.4, -0.2) is 32.6 Å². The average Bonchev–Trinajstić information content (AvgIpc) is 2.35. The van der Waals surface area contributed by atoms with Gasteiger partial charge in [0.25, 0.3) is 5.91 Å². The normalized spacial score (nSPS) is 9.59. The second-order valence-corrected chi connectivity index (χ2v) is 3.95. The molecule has 0 unspecified atom stereocenters. The predicted molar refractivity (Wildman–Crippen MR) is 65.0 cm³/mol. The summed E-state index contributed by atoms with van der Waals surface area (Å²) in [5.41, 5.74) is 0.349. The van der Waals surface area contributed by atoms with Crippen LogP contribution in [0.2, 0.25) is 0 Å². The Morgan fingerprint density at radius 1 is 1.41 bits per heavy atom. The molecule has 0 aliphatic rings. The molecule has 6 heteroatoms. The van der Waals surface area contributed by atoms with Crippen molar-refractivity contribution in [3.05, 3.63) is 28.2 Å². The lowest BCUT2D eigenvalue weighted by molar-refractivity contribution is -0.123. The number of likely N-dealkylation sites (N-methyl/N-ethyl adjacent to an activating group) is 1. The van der Waals surface area contributed by atoms with Gasteiger partial charge in [-0.1, -0.05) is 0 Å². The van der Waals surface area contributed by atoms with Crippen molar-refractivity contribution in [3.63, 3.8) is 0 Å². The third kappa shape index (κ3) is 3.74. The summed E-state index contributed by atoms with van der Waals surface area (Å²) in [5, 5.41) is 2.36. The van der Waals surface area contributed by atoms with Crippen molar-refractivity contribution >= 4 is 27.8 Å². The maximum Gasteiger partial charge on any atom is 0.338 e. The summed E-state index contributed by atoms with van der Waals surface area (Å²) >= 11 is 3.26. The van der Waals surface area contributed by atoms with Crippen LogP contribution in [0.3, 0.4) is 0 Å². The van der Waals surface area contributed by atoms with E-state index in [2.05, 4.69) is 21.2 Å². The Kier molecular flexibility index (Phi) is 4.96. The number of amides is 1. The second kappa shape index (κ2) is 6.24. The van der Waals surface area contributed by atoms with E-state index in [1.165, 1.54) is 14.2 Å². The number of esters is 1. The Bertz CT molecular complexity index is 433. The van der Waals surface area contributed by atoms with Crippen molar-refractivity contribution in [3.8, 4) is 5.75 Å². The van der Waals surface area contributed by atoms with Gasteiger partial charge in [0.1, 0.15) is 5.75 Å². The van der Waals surface area contributed by atoms with Gasteiger partial charge in [0, 0.05) is 7.05 Å². The van der Waals surface area contributed by atoms with Gasteiger partial charge in [0.05, 0.1) is 17.1 Å². The highest BCUT2D eigenvalue weighted by Gasteiger charge is 2.11. The molecule has 0 saturated heterocycles. The highest BCUT2D eigenvalue weighted by atomic mass is 79.9. The highest BCUT2D eigenvalue weighted by molar-refractivity contribution is 9.10. The van der Waals surface area contributed by atoms with Gasteiger partial charge in [-0.2, -0.15) is 0 Å². The van der Waals surface area contributed by atoms with E-state index in [4.69, 9.17) is 9.47 Å². The number of halogens is 1. The molecule has 0 bridgehead atoms. The fourth-order valence-corrected chi connectivity index (χ4v) is 1.62. The Labute approximate surface area is 107 Å². The zero-order valence-corrected chi connectivity index (χ0v) is 11.0. The smallest absolute Gasteiger partial charge is 0.338 e. The molecule has 5 nitrogen and oxygen atoms in total. The second-order valence-electron chi connectivity index (χ2n) is 3.10. The van der Waals surface area contributed by atoms with Crippen molar-refractivity contribution < 1.29 is 19.1 Å². The lowest BCUT2D eigenvalue weighted by atomic mass is 10.2. The van der Waals surface area contributed by atoms with Crippen LogP contribution < -0.4 is 10.1 Å². The van der Waals surface area contributed by atoms with Gasteiger partial charge in [-0.05, 0) is 34.1 Å². The van der Waals surface area contributed by atoms with E-state index >= 15 is 0 Å². The molecule has 0 heterocycles. The molecule has 0 aromatic heterocycles. The topological polar surface area (TPSA) is 64.6 Å². The van der Waals surface area contributed by atoms with Gasteiger partial charge in [-0.25, -0.2) is 4.79 Å². The zero-order chi connectivity index (χ0) is 12.8. The molecular formula is C11H12BrNO4. The van der Waals surface area contributed by atoms with Gasteiger partial charge < -0.3 is 14.8 Å². The molecule has 1 aromatic rings. The number of carbonyl (C=O) groups excluding carboxylic acids is 2. The molecule has 92 valence electrons. The number of methoxy groups -OCH3 is 1. The summed E-state index contributed by atoms with van der Waals surface area (Å²) in [6.07, 6.45) is 0. The van der Waals surface area contributed by atoms with Gasteiger partial charge in [-0.3, -0.25) is 4.79 Å². The maximum atomic E-state index is 11.6. The summed E-state index contributed by atoms with van der Waals surface area (Å²) in [7, 11) is 3.00. The summed E-state index contributed by atoms with van der Waals surface area (Å²) in [6, 6.07) is 4.78. The number of benzene rings is 1. The Hall–Kier alpha value is -1.56. The van der Waals surface area contributed by atoms with Crippen LogP contribution >= 0.6 is 15.9 Å². The van der Waals surface area contributed by atoms with Crippen LogP contribution in [0, 0.1) is 0 Å². The summed E-state index contributed by atoms with van der Waals surface area (Å²) in [5.74, 6) is -0.296. The molecule has 0 fully saturated rings. The molecule has 1 aromatic carbocycles. The van der Waals surface area contributed by atoms with Gasteiger partial charge in [0.2, 0.25) is 0 Å². The molecule has 1 N–H and O–H groups in total. The molecular weight excluding hydrogens is 290 g/mol. The first-order chi connectivity index (χ1) is 8.08. The van der Waals surface area contributed by atoms with Gasteiger partial charge in [-0.15, -0.1) is 0 Å². The third-order valence-corrected chi connectivity index (χ3v) is 2.62. The highest BCUT2D eigenvalue weighted by Crippen LogP contribution is 2.25. The van der Waals surface area contributed by atoms with Crippen molar-refractivity contribution in [2.24, 2.45) is 0 Å². The van der Waals surface area contributed by atoms with E-state index in [0.717, 1.165) is 0 Å². The van der Waals surface area contributed by atoms with Gasteiger partial charge >= 0.3 is 5.97 Å². The number of hydrogen-bond acceptors (Lipinski definition) is 4. The molecule has 0 aliphatic heterocycles. The van der Waals surface area contributed by atoms with Crippen LogP contribution in [0.5, 0.6) is 5.75 Å². The van der Waals surface area contributed by atoms with Crippen LogP contribution in [0.25, 0.3) is 0 Å². The van der Waals surface area contributed by atoms with E-state index in [9.17, 15) is 9.59 Å². The zero-order valence-electron chi connectivity index (χ0n) is 9.45. The number of ether oxygens (including phenoxy) is 2. The Balaban J connectivity index is 2.69. The third-order valence-electron chi connectivity index (χ3n) is 2.00. The molecule has 1 amide bonds. The largest absolute Gasteiger partial charge is 0.496 e. The van der Waals surface area contributed by atoms with Crippen LogP contribution in [0.1, 0.15) is 10.4 Å².